The standard InChI is InChI=1S/C19H18N2O2/c1-3-23-16-7-5-14-12-21(19(22)17(14)11-16)15-6-4-13-8-9-20(2)18(13)10-15/h4-11H,3,12H2,1-2H3. The van der Waals surface area contributed by atoms with E-state index in [1.54, 1.807) is 0 Å². The fraction of sp³-hybridized carbons (Fsp3) is 0.211. The number of aryl methyl sites for hydroxylation is 1. The van der Waals surface area contributed by atoms with Crippen molar-refractivity contribution in [1.29, 1.82) is 0 Å². The summed E-state index contributed by atoms with van der Waals surface area (Å²) in [5.41, 5.74) is 3.84. The van der Waals surface area contributed by atoms with Crippen LogP contribution in [0.5, 0.6) is 5.75 Å². The number of carbonyl (C=O) groups is 1. The Labute approximate surface area is 134 Å². The molecule has 0 N–H and O–H groups in total. The van der Waals surface area contributed by atoms with Crippen molar-refractivity contribution in [3.8, 4) is 5.75 Å². The molecule has 0 atom stereocenters. The van der Waals surface area contributed by atoms with Crippen LogP contribution in [0, 0.1) is 0 Å². The quantitative estimate of drug-likeness (QED) is 0.739. The maximum absolute atomic E-state index is 12.8. The number of ether oxygens (including phenoxy) is 1. The Bertz CT molecular complexity index is 911. The van der Waals surface area contributed by atoms with E-state index in [1.165, 1.54) is 5.39 Å². The topological polar surface area (TPSA) is 34.5 Å². The van der Waals surface area contributed by atoms with Crippen LogP contribution in [0.3, 0.4) is 0 Å². The summed E-state index contributed by atoms with van der Waals surface area (Å²) in [4.78, 5) is 14.6. The predicted molar refractivity (Wildman–Crippen MR) is 91.0 cm³/mol. The summed E-state index contributed by atoms with van der Waals surface area (Å²) >= 11 is 0. The van der Waals surface area contributed by atoms with Gasteiger partial charge in [0.25, 0.3) is 5.91 Å². The number of nitrogens with zero attached hydrogens (tertiary/aromatic N) is 2. The SMILES string of the molecule is CCOc1ccc2c(c1)C(=O)N(c1ccc3ccn(C)c3c1)C2. The molecular formula is C19H18N2O2. The molecule has 0 saturated carbocycles. The molecule has 23 heavy (non-hydrogen) atoms. The van der Waals surface area contributed by atoms with Gasteiger partial charge in [-0.2, -0.15) is 0 Å². The molecule has 4 heteroatoms. The second-order valence-electron chi connectivity index (χ2n) is 5.81. The van der Waals surface area contributed by atoms with E-state index in [0.29, 0.717) is 13.2 Å². The van der Waals surface area contributed by atoms with Gasteiger partial charge in [-0.25, -0.2) is 0 Å². The van der Waals surface area contributed by atoms with Crippen LogP contribution < -0.4 is 9.64 Å². The van der Waals surface area contributed by atoms with Crippen molar-refractivity contribution in [2.75, 3.05) is 11.5 Å². The molecule has 0 spiro atoms. The number of fused-ring (bicyclic) bond motifs is 2. The van der Waals surface area contributed by atoms with Crippen molar-refractivity contribution >= 4 is 22.5 Å². The van der Waals surface area contributed by atoms with Crippen molar-refractivity contribution in [1.82, 2.24) is 4.57 Å². The molecule has 0 fully saturated rings. The van der Waals surface area contributed by atoms with Gasteiger partial charge < -0.3 is 14.2 Å². The smallest absolute Gasteiger partial charge is 0.259 e. The molecule has 1 aromatic heterocycles. The molecule has 0 saturated heterocycles. The van der Waals surface area contributed by atoms with Gasteiger partial charge >= 0.3 is 0 Å². The number of carbonyl (C=O) groups excluding carboxylic acids is 1. The Morgan fingerprint density at radius 2 is 2.00 bits per heavy atom. The van der Waals surface area contributed by atoms with E-state index in [-0.39, 0.29) is 5.91 Å². The van der Waals surface area contributed by atoms with Crippen LogP contribution >= 0.6 is 0 Å². The summed E-state index contributed by atoms with van der Waals surface area (Å²) in [6.45, 7) is 3.15. The van der Waals surface area contributed by atoms with E-state index >= 15 is 0 Å². The molecule has 1 amide bonds. The molecule has 3 aromatic rings. The lowest BCUT2D eigenvalue weighted by Gasteiger charge is -2.16. The Kier molecular flexibility index (Phi) is 3.11. The Balaban J connectivity index is 1.72. The Morgan fingerprint density at radius 1 is 1.13 bits per heavy atom. The van der Waals surface area contributed by atoms with Crippen molar-refractivity contribution < 1.29 is 9.53 Å². The highest BCUT2D eigenvalue weighted by atomic mass is 16.5. The summed E-state index contributed by atoms with van der Waals surface area (Å²) in [6, 6.07) is 14.0. The first kappa shape index (κ1) is 13.9. The highest BCUT2D eigenvalue weighted by molar-refractivity contribution is 6.10. The number of rotatable bonds is 3. The zero-order chi connectivity index (χ0) is 16.0. The molecule has 1 aliphatic rings. The van der Waals surface area contributed by atoms with Gasteiger partial charge in [-0.05, 0) is 48.2 Å². The minimum atomic E-state index is 0.0371. The third-order valence-corrected chi connectivity index (χ3v) is 4.38. The number of anilines is 1. The van der Waals surface area contributed by atoms with Crippen molar-refractivity contribution in [2.24, 2.45) is 7.05 Å². The zero-order valence-electron chi connectivity index (χ0n) is 13.2. The highest BCUT2D eigenvalue weighted by Gasteiger charge is 2.29. The zero-order valence-corrected chi connectivity index (χ0v) is 13.2. The molecule has 4 rings (SSSR count). The van der Waals surface area contributed by atoms with Crippen LogP contribution in [0.4, 0.5) is 5.69 Å². The van der Waals surface area contributed by atoms with E-state index in [9.17, 15) is 4.79 Å². The van der Waals surface area contributed by atoms with E-state index in [1.807, 2.05) is 49.3 Å². The van der Waals surface area contributed by atoms with E-state index in [4.69, 9.17) is 4.74 Å². The maximum atomic E-state index is 12.8. The third-order valence-electron chi connectivity index (χ3n) is 4.38. The van der Waals surface area contributed by atoms with Gasteiger partial charge in [-0.1, -0.05) is 12.1 Å². The van der Waals surface area contributed by atoms with Crippen molar-refractivity contribution in [3.63, 3.8) is 0 Å². The van der Waals surface area contributed by atoms with Crippen molar-refractivity contribution in [2.45, 2.75) is 13.5 Å². The number of amides is 1. The van der Waals surface area contributed by atoms with Crippen LogP contribution in [0.25, 0.3) is 10.9 Å². The van der Waals surface area contributed by atoms with E-state index in [0.717, 1.165) is 28.1 Å². The van der Waals surface area contributed by atoms with Crippen LogP contribution in [-0.2, 0) is 13.6 Å². The van der Waals surface area contributed by atoms with Crippen molar-refractivity contribution in [3.05, 3.63) is 59.8 Å². The largest absolute Gasteiger partial charge is 0.494 e. The number of hydrogen-bond donors (Lipinski definition) is 0. The predicted octanol–water partition coefficient (Wildman–Crippen LogP) is 3.74. The Hall–Kier alpha value is -2.75. The summed E-state index contributed by atoms with van der Waals surface area (Å²) in [5, 5.41) is 1.18. The minimum absolute atomic E-state index is 0.0371. The first-order valence-corrected chi connectivity index (χ1v) is 7.80. The maximum Gasteiger partial charge on any atom is 0.259 e. The molecule has 4 nitrogen and oxygen atoms in total. The van der Waals surface area contributed by atoms with Gasteiger partial charge in [0, 0.05) is 30.0 Å². The average Bonchev–Trinajstić information content (AvgIpc) is 3.09. The van der Waals surface area contributed by atoms with Crippen LogP contribution in [0.15, 0.2) is 48.7 Å². The van der Waals surface area contributed by atoms with E-state index in [2.05, 4.69) is 22.8 Å². The summed E-state index contributed by atoms with van der Waals surface area (Å²) < 4.78 is 7.58. The van der Waals surface area contributed by atoms with Crippen LogP contribution in [0.1, 0.15) is 22.8 Å². The fourth-order valence-electron chi connectivity index (χ4n) is 3.16. The van der Waals surface area contributed by atoms with Gasteiger partial charge in [0.05, 0.1) is 13.2 Å². The third kappa shape index (κ3) is 2.18. The molecule has 2 heterocycles. The first-order valence-electron chi connectivity index (χ1n) is 7.80. The second-order valence-corrected chi connectivity index (χ2v) is 5.81. The second kappa shape index (κ2) is 5.16. The molecule has 0 radical (unpaired) electrons. The van der Waals surface area contributed by atoms with Gasteiger partial charge in [-0.15, -0.1) is 0 Å². The number of hydrogen-bond acceptors (Lipinski definition) is 2. The highest BCUT2D eigenvalue weighted by Crippen LogP contribution is 2.32. The fourth-order valence-corrected chi connectivity index (χ4v) is 3.16. The summed E-state index contributed by atoms with van der Waals surface area (Å²) in [6.07, 6.45) is 2.03. The summed E-state index contributed by atoms with van der Waals surface area (Å²) in [7, 11) is 2.01. The van der Waals surface area contributed by atoms with Gasteiger partial charge in [0.2, 0.25) is 0 Å². The van der Waals surface area contributed by atoms with E-state index < -0.39 is 0 Å². The molecular weight excluding hydrogens is 288 g/mol. The lowest BCUT2D eigenvalue weighted by Crippen LogP contribution is -2.22. The van der Waals surface area contributed by atoms with Crippen LogP contribution in [0.2, 0.25) is 0 Å². The lowest BCUT2D eigenvalue weighted by atomic mass is 10.1. The normalized spacial score (nSPS) is 13.7. The number of aromatic nitrogens is 1. The summed E-state index contributed by atoms with van der Waals surface area (Å²) in [5.74, 6) is 0.787. The lowest BCUT2D eigenvalue weighted by molar-refractivity contribution is 0.0996. The molecule has 0 aliphatic carbocycles. The molecule has 0 unspecified atom stereocenters. The van der Waals surface area contributed by atoms with Gasteiger partial charge in [0.1, 0.15) is 5.75 Å². The molecule has 2 aromatic carbocycles. The Morgan fingerprint density at radius 3 is 2.83 bits per heavy atom. The number of benzene rings is 2. The minimum Gasteiger partial charge on any atom is -0.494 e. The first-order chi connectivity index (χ1) is 11.2. The van der Waals surface area contributed by atoms with Gasteiger partial charge in [0.15, 0.2) is 0 Å². The molecule has 1 aliphatic heterocycles. The monoisotopic (exact) mass is 306 g/mol. The molecule has 0 bridgehead atoms. The molecule has 116 valence electrons. The average molecular weight is 306 g/mol. The van der Waals surface area contributed by atoms with Crippen LogP contribution in [-0.4, -0.2) is 17.1 Å². The van der Waals surface area contributed by atoms with Gasteiger partial charge in [-0.3, -0.25) is 4.79 Å².